The number of anilines is 1. The zero-order valence-electron chi connectivity index (χ0n) is 15.2. The Bertz CT molecular complexity index is 875. The van der Waals surface area contributed by atoms with E-state index in [9.17, 15) is 9.59 Å². The van der Waals surface area contributed by atoms with Crippen molar-refractivity contribution >= 4 is 34.9 Å². The first-order chi connectivity index (χ1) is 13.1. The van der Waals surface area contributed by atoms with Crippen LogP contribution in [0.5, 0.6) is 0 Å². The second-order valence-electron chi connectivity index (χ2n) is 7.20. The van der Waals surface area contributed by atoms with Crippen LogP contribution in [0, 0.1) is 5.92 Å². The fraction of sp³-hybridized carbons (Fsp3) is 0.474. The smallest absolute Gasteiger partial charge is 0.241 e. The zero-order valence-corrected chi connectivity index (χ0v) is 15.2. The molecule has 3 N–H and O–H groups in total. The van der Waals surface area contributed by atoms with Gasteiger partial charge >= 0.3 is 0 Å². The molecule has 2 aliphatic rings. The van der Waals surface area contributed by atoms with E-state index in [1.54, 1.807) is 18.5 Å². The molecule has 142 valence electrons. The number of primary amides is 1. The Morgan fingerprint density at radius 1 is 1.19 bits per heavy atom. The lowest BCUT2D eigenvalue weighted by atomic mass is 10.1. The zero-order chi connectivity index (χ0) is 18.8. The molecule has 8 nitrogen and oxygen atoms in total. The first-order valence-electron chi connectivity index (χ1n) is 9.47. The third-order valence-electron chi connectivity index (χ3n) is 5.44. The van der Waals surface area contributed by atoms with Gasteiger partial charge in [0, 0.05) is 49.9 Å². The number of H-pyrrole nitrogens is 1. The van der Waals surface area contributed by atoms with Crippen molar-refractivity contribution in [2.24, 2.45) is 11.7 Å². The van der Waals surface area contributed by atoms with E-state index >= 15 is 0 Å². The summed E-state index contributed by atoms with van der Waals surface area (Å²) in [4.78, 5) is 39.9. The van der Waals surface area contributed by atoms with Gasteiger partial charge in [0.1, 0.15) is 11.3 Å². The van der Waals surface area contributed by atoms with Crippen molar-refractivity contribution in [1.29, 1.82) is 0 Å². The van der Waals surface area contributed by atoms with Gasteiger partial charge in [0.05, 0.1) is 6.20 Å². The monoisotopic (exact) mass is 368 g/mol. The Hall–Kier alpha value is -2.90. The highest BCUT2D eigenvalue weighted by atomic mass is 16.2. The fourth-order valence-electron chi connectivity index (χ4n) is 3.94. The van der Waals surface area contributed by atoms with Crippen LogP contribution in [0.3, 0.4) is 0 Å². The van der Waals surface area contributed by atoms with Gasteiger partial charge in [-0.2, -0.15) is 0 Å². The van der Waals surface area contributed by atoms with E-state index in [1.165, 1.54) is 18.9 Å². The van der Waals surface area contributed by atoms with Crippen LogP contribution in [-0.2, 0) is 9.59 Å². The quantitative estimate of drug-likeness (QED) is 0.791. The highest BCUT2D eigenvalue weighted by Crippen LogP contribution is 2.27. The summed E-state index contributed by atoms with van der Waals surface area (Å²) in [6.07, 6.45) is 10.9. The van der Waals surface area contributed by atoms with Gasteiger partial charge in [0.15, 0.2) is 5.65 Å². The predicted octanol–water partition coefficient (Wildman–Crippen LogP) is 1.30. The molecule has 1 saturated heterocycles. The standard InChI is InChI=1S/C19H24N6O2/c20-15(26)6-5-14-11-21-18-17(14)23-16(12-22-18)24-7-9-25(10-8-24)19(27)13-3-1-2-4-13/h5-6,11-13H,1-4,7-10H2,(H2,20,26)(H,21,22)/b6-5+. The minimum Gasteiger partial charge on any atom is -0.366 e. The number of aromatic nitrogens is 3. The summed E-state index contributed by atoms with van der Waals surface area (Å²) in [5.74, 6) is 0.825. The summed E-state index contributed by atoms with van der Waals surface area (Å²) in [7, 11) is 0. The van der Waals surface area contributed by atoms with E-state index in [-0.39, 0.29) is 5.92 Å². The van der Waals surface area contributed by atoms with E-state index in [4.69, 9.17) is 10.7 Å². The highest BCUT2D eigenvalue weighted by molar-refractivity contribution is 5.93. The summed E-state index contributed by atoms with van der Waals surface area (Å²) >= 11 is 0. The van der Waals surface area contributed by atoms with Crippen molar-refractivity contribution in [3.8, 4) is 0 Å². The maximum Gasteiger partial charge on any atom is 0.241 e. The van der Waals surface area contributed by atoms with Crippen molar-refractivity contribution in [1.82, 2.24) is 19.9 Å². The molecule has 1 aliphatic carbocycles. The molecule has 2 amide bonds. The van der Waals surface area contributed by atoms with Gasteiger partial charge in [-0.25, -0.2) is 9.97 Å². The fourth-order valence-corrected chi connectivity index (χ4v) is 3.94. The molecule has 1 aliphatic heterocycles. The summed E-state index contributed by atoms with van der Waals surface area (Å²) in [5, 5.41) is 0. The Morgan fingerprint density at radius 2 is 1.93 bits per heavy atom. The summed E-state index contributed by atoms with van der Waals surface area (Å²) in [6.45, 7) is 2.93. The maximum absolute atomic E-state index is 12.6. The summed E-state index contributed by atoms with van der Waals surface area (Å²) in [6, 6.07) is 0. The number of aromatic amines is 1. The minimum absolute atomic E-state index is 0.229. The first-order valence-corrected chi connectivity index (χ1v) is 9.47. The second-order valence-corrected chi connectivity index (χ2v) is 7.20. The average Bonchev–Trinajstić information content (AvgIpc) is 3.35. The largest absolute Gasteiger partial charge is 0.366 e. The van der Waals surface area contributed by atoms with Gasteiger partial charge in [0.25, 0.3) is 0 Å². The number of piperazine rings is 1. The van der Waals surface area contributed by atoms with Gasteiger partial charge < -0.3 is 20.5 Å². The number of hydrogen-bond donors (Lipinski definition) is 2. The van der Waals surface area contributed by atoms with Crippen LogP contribution in [0.15, 0.2) is 18.5 Å². The predicted molar refractivity (Wildman–Crippen MR) is 103 cm³/mol. The van der Waals surface area contributed by atoms with E-state index in [2.05, 4.69) is 14.9 Å². The van der Waals surface area contributed by atoms with E-state index < -0.39 is 5.91 Å². The molecule has 0 aromatic carbocycles. The molecule has 2 fully saturated rings. The second kappa shape index (κ2) is 7.38. The molecular formula is C19H24N6O2. The van der Waals surface area contributed by atoms with Crippen LogP contribution >= 0.6 is 0 Å². The van der Waals surface area contributed by atoms with Gasteiger partial charge in [-0.05, 0) is 18.9 Å². The lowest BCUT2D eigenvalue weighted by Crippen LogP contribution is -2.50. The Balaban J connectivity index is 1.46. The number of hydrogen-bond acceptors (Lipinski definition) is 5. The van der Waals surface area contributed by atoms with Crippen molar-refractivity contribution in [2.75, 3.05) is 31.1 Å². The number of fused-ring (bicyclic) bond motifs is 1. The topological polar surface area (TPSA) is 108 Å². The number of nitrogens with zero attached hydrogens (tertiary/aromatic N) is 4. The lowest BCUT2D eigenvalue weighted by molar-refractivity contribution is -0.135. The molecule has 1 saturated carbocycles. The van der Waals surface area contributed by atoms with Gasteiger partial charge in [-0.1, -0.05) is 12.8 Å². The van der Waals surface area contributed by atoms with Crippen LogP contribution in [-0.4, -0.2) is 57.8 Å². The van der Waals surface area contributed by atoms with Gasteiger partial charge in [0.2, 0.25) is 11.8 Å². The van der Waals surface area contributed by atoms with Gasteiger partial charge in [-0.15, -0.1) is 0 Å². The molecule has 27 heavy (non-hydrogen) atoms. The number of carbonyl (C=O) groups is 2. The molecule has 2 aromatic rings. The molecule has 0 atom stereocenters. The van der Waals surface area contributed by atoms with E-state index in [1.807, 2.05) is 4.90 Å². The Kier molecular flexibility index (Phi) is 4.79. The number of carbonyl (C=O) groups excluding carboxylic acids is 2. The summed E-state index contributed by atoms with van der Waals surface area (Å²) < 4.78 is 0. The molecule has 0 spiro atoms. The number of amides is 2. The van der Waals surface area contributed by atoms with Crippen LogP contribution in [0.25, 0.3) is 17.2 Å². The Morgan fingerprint density at radius 3 is 2.63 bits per heavy atom. The number of rotatable bonds is 4. The average molecular weight is 368 g/mol. The SMILES string of the molecule is NC(=O)/C=C/c1c[nH]c2ncc(N3CCN(C(=O)C4CCCC4)CC3)nc12. The maximum atomic E-state index is 12.6. The van der Waals surface area contributed by atoms with Crippen molar-refractivity contribution in [3.05, 3.63) is 24.0 Å². The third-order valence-corrected chi connectivity index (χ3v) is 5.44. The Labute approximate surface area is 157 Å². The van der Waals surface area contributed by atoms with Crippen LogP contribution in [0.2, 0.25) is 0 Å². The molecule has 0 bridgehead atoms. The molecule has 4 rings (SSSR count). The molecule has 8 heteroatoms. The molecular weight excluding hydrogens is 344 g/mol. The van der Waals surface area contributed by atoms with E-state index in [0.717, 1.165) is 50.4 Å². The number of nitrogens with two attached hydrogens (primary N) is 1. The summed E-state index contributed by atoms with van der Waals surface area (Å²) in [5.41, 5.74) is 7.31. The van der Waals surface area contributed by atoms with Crippen molar-refractivity contribution in [2.45, 2.75) is 25.7 Å². The first kappa shape index (κ1) is 17.5. The minimum atomic E-state index is -0.503. The van der Waals surface area contributed by atoms with Crippen LogP contribution < -0.4 is 10.6 Å². The van der Waals surface area contributed by atoms with E-state index in [0.29, 0.717) is 17.1 Å². The van der Waals surface area contributed by atoms with Crippen molar-refractivity contribution in [3.63, 3.8) is 0 Å². The van der Waals surface area contributed by atoms with Crippen molar-refractivity contribution < 1.29 is 9.59 Å². The molecule has 0 unspecified atom stereocenters. The number of nitrogens with one attached hydrogen (secondary N) is 1. The normalized spacial score (nSPS) is 18.7. The highest BCUT2D eigenvalue weighted by Gasteiger charge is 2.29. The van der Waals surface area contributed by atoms with Gasteiger partial charge in [-0.3, -0.25) is 9.59 Å². The third kappa shape index (κ3) is 3.65. The van der Waals surface area contributed by atoms with Crippen LogP contribution in [0.1, 0.15) is 31.2 Å². The van der Waals surface area contributed by atoms with Crippen LogP contribution in [0.4, 0.5) is 5.82 Å². The molecule has 3 heterocycles. The lowest BCUT2D eigenvalue weighted by Gasteiger charge is -2.36. The molecule has 0 radical (unpaired) electrons. The molecule has 2 aromatic heterocycles.